The minimum Gasteiger partial charge on any atom is -0.222 e. The van der Waals surface area contributed by atoms with Gasteiger partial charge in [-0.25, -0.2) is 12.8 Å². The largest absolute Gasteiger partial charge is 0.222 e. The highest BCUT2D eigenvalue weighted by Crippen LogP contribution is 2.47. The summed E-state index contributed by atoms with van der Waals surface area (Å²) in [4.78, 5) is 0.0278. The van der Waals surface area contributed by atoms with Gasteiger partial charge in [-0.05, 0) is 43.0 Å². The number of benzene rings is 1. The second-order valence-electron chi connectivity index (χ2n) is 4.75. The Morgan fingerprint density at radius 3 is 2.39 bits per heavy atom. The summed E-state index contributed by atoms with van der Waals surface area (Å²) in [6, 6.07) is 6.61. The molecule has 1 aromatic rings. The second-order valence-corrected chi connectivity index (χ2v) is 7.01. The van der Waals surface area contributed by atoms with Crippen LogP contribution in [-0.4, -0.2) is 13.2 Å². The van der Waals surface area contributed by atoms with Crippen molar-refractivity contribution in [2.75, 3.05) is 0 Å². The molecule has 1 fully saturated rings. The molecule has 0 atom stereocenters. The van der Waals surface area contributed by atoms with Gasteiger partial charge >= 0.3 is 0 Å². The van der Waals surface area contributed by atoms with Crippen molar-refractivity contribution in [3.63, 3.8) is 0 Å². The topological polar surface area (TPSA) is 57.9 Å². The summed E-state index contributed by atoms with van der Waals surface area (Å²) in [5, 5.41) is 9.20. The zero-order valence-corrected chi connectivity index (χ0v) is 10.9. The van der Waals surface area contributed by atoms with Crippen LogP contribution in [0.2, 0.25) is 0 Å². The Bertz CT molecular complexity index is 580. The quantitative estimate of drug-likeness (QED) is 0.791. The number of sulfone groups is 1. The van der Waals surface area contributed by atoms with Crippen LogP contribution >= 0.6 is 0 Å². The van der Waals surface area contributed by atoms with Crippen LogP contribution in [0.4, 0.5) is 4.39 Å². The summed E-state index contributed by atoms with van der Waals surface area (Å²) in [7, 11) is -3.70. The van der Waals surface area contributed by atoms with Crippen LogP contribution in [0.5, 0.6) is 0 Å². The lowest BCUT2D eigenvalue weighted by Gasteiger charge is -2.41. The fourth-order valence-electron chi connectivity index (χ4n) is 2.37. The molecule has 0 N–H and O–H groups in total. The summed E-state index contributed by atoms with van der Waals surface area (Å²) in [6.07, 6.45) is 1.63. The first-order valence-corrected chi connectivity index (χ1v) is 7.35. The van der Waals surface area contributed by atoms with Crippen molar-refractivity contribution < 1.29 is 12.8 Å². The maximum Gasteiger partial charge on any atom is 0.197 e. The summed E-state index contributed by atoms with van der Waals surface area (Å²) in [5.74, 6) is -0.195. The number of hydrogen-bond donors (Lipinski definition) is 0. The van der Waals surface area contributed by atoms with Crippen molar-refractivity contribution in [2.45, 2.75) is 35.8 Å². The fourth-order valence-corrected chi connectivity index (χ4v) is 4.35. The Morgan fingerprint density at radius 2 is 1.94 bits per heavy atom. The van der Waals surface area contributed by atoms with E-state index in [1.165, 1.54) is 12.1 Å². The molecule has 1 aromatic carbocycles. The third kappa shape index (κ3) is 1.81. The highest BCUT2D eigenvalue weighted by Gasteiger charge is 2.54. The molecule has 0 saturated heterocycles. The summed E-state index contributed by atoms with van der Waals surface area (Å²) >= 11 is 0. The van der Waals surface area contributed by atoms with Gasteiger partial charge in [-0.1, -0.05) is 13.3 Å². The van der Waals surface area contributed by atoms with E-state index in [9.17, 15) is 18.1 Å². The Balaban J connectivity index is 2.37. The zero-order chi connectivity index (χ0) is 13.4. The predicted octanol–water partition coefficient (Wildman–Crippen LogP) is 2.68. The van der Waals surface area contributed by atoms with E-state index in [4.69, 9.17) is 0 Å². The molecule has 1 saturated carbocycles. The highest BCUT2D eigenvalue weighted by molar-refractivity contribution is 7.93. The van der Waals surface area contributed by atoms with E-state index in [2.05, 4.69) is 0 Å². The average Bonchev–Trinajstić information content (AvgIpc) is 2.29. The number of hydrogen-bond acceptors (Lipinski definition) is 3. The number of nitriles is 1. The third-order valence-electron chi connectivity index (χ3n) is 3.66. The van der Waals surface area contributed by atoms with Gasteiger partial charge < -0.3 is 0 Å². The molecule has 96 valence electrons. The first-order valence-electron chi connectivity index (χ1n) is 5.86. The van der Waals surface area contributed by atoms with Gasteiger partial charge in [-0.3, -0.25) is 0 Å². The zero-order valence-electron chi connectivity index (χ0n) is 10.1. The van der Waals surface area contributed by atoms with Crippen molar-refractivity contribution in [2.24, 2.45) is 5.92 Å². The molecule has 1 aliphatic carbocycles. The van der Waals surface area contributed by atoms with Gasteiger partial charge in [-0.2, -0.15) is 5.26 Å². The van der Waals surface area contributed by atoms with Gasteiger partial charge in [0.05, 0.1) is 11.0 Å². The average molecular weight is 267 g/mol. The first-order chi connectivity index (χ1) is 8.45. The molecule has 0 radical (unpaired) electrons. The van der Waals surface area contributed by atoms with E-state index >= 15 is 0 Å². The fraction of sp³-hybridized carbons (Fsp3) is 0.462. The molecule has 0 aromatic heterocycles. The smallest absolute Gasteiger partial charge is 0.197 e. The van der Waals surface area contributed by atoms with Gasteiger partial charge in [0.1, 0.15) is 5.82 Å². The van der Waals surface area contributed by atoms with Gasteiger partial charge in [0.15, 0.2) is 14.6 Å². The first kappa shape index (κ1) is 13.0. The molecule has 2 rings (SSSR count). The van der Waals surface area contributed by atoms with E-state index in [0.29, 0.717) is 18.8 Å². The summed E-state index contributed by atoms with van der Waals surface area (Å²) < 4.78 is 36.3. The number of nitrogens with zero attached hydrogens (tertiary/aromatic N) is 1. The van der Waals surface area contributed by atoms with Crippen LogP contribution in [0.3, 0.4) is 0 Å². The molecule has 0 heterocycles. The molecular formula is C13H14FNO2S. The van der Waals surface area contributed by atoms with E-state index in [-0.39, 0.29) is 4.90 Å². The third-order valence-corrected chi connectivity index (χ3v) is 6.00. The molecule has 18 heavy (non-hydrogen) atoms. The minimum atomic E-state index is -3.70. The van der Waals surface area contributed by atoms with Crippen LogP contribution in [-0.2, 0) is 9.84 Å². The Kier molecular flexibility index (Phi) is 3.16. The van der Waals surface area contributed by atoms with Crippen LogP contribution in [0.1, 0.15) is 26.2 Å². The number of halogens is 1. The maximum absolute atomic E-state index is 12.8. The monoisotopic (exact) mass is 267 g/mol. The minimum absolute atomic E-state index is 0.0278. The van der Waals surface area contributed by atoms with Crippen molar-refractivity contribution in [1.29, 1.82) is 5.26 Å². The molecule has 1 aliphatic rings. The van der Waals surface area contributed by atoms with Gasteiger partial charge in [-0.15, -0.1) is 0 Å². The molecule has 0 spiro atoms. The van der Waals surface area contributed by atoms with Crippen LogP contribution < -0.4 is 0 Å². The summed E-state index contributed by atoms with van der Waals surface area (Å²) in [6.45, 7) is 1.98. The normalized spacial score (nSPS) is 27.3. The summed E-state index contributed by atoms with van der Waals surface area (Å²) in [5.41, 5.74) is 0. The number of rotatable bonds is 3. The highest BCUT2D eigenvalue weighted by atomic mass is 32.2. The van der Waals surface area contributed by atoms with Crippen LogP contribution in [0.15, 0.2) is 29.2 Å². The lowest BCUT2D eigenvalue weighted by molar-refractivity contribution is 0.256. The molecule has 3 nitrogen and oxygen atoms in total. The molecule has 5 heteroatoms. The van der Waals surface area contributed by atoms with Gasteiger partial charge in [0.25, 0.3) is 0 Å². The lowest BCUT2D eigenvalue weighted by atomic mass is 9.73. The molecule has 0 unspecified atom stereocenters. The molecule has 0 aliphatic heterocycles. The van der Waals surface area contributed by atoms with Crippen molar-refractivity contribution in [1.82, 2.24) is 0 Å². The molecule has 0 amide bonds. The van der Waals surface area contributed by atoms with Crippen molar-refractivity contribution >= 4 is 9.84 Å². The lowest BCUT2D eigenvalue weighted by Crippen LogP contribution is -2.49. The Hall–Kier alpha value is -1.41. The Labute approximate surface area is 106 Å². The van der Waals surface area contributed by atoms with E-state index in [1.807, 2.05) is 13.0 Å². The van der Waals surface area contributed by atoms with Gasteiger partial charge in [0, 0.05) is 0 Å². The van der Waals surface area contributed by atoms with Crippen LogP contribution in [0.25, 0.3) is 0 Å². The van der Waals surface area contributed by atoms with Gasteiger partial charge in [0.2, 0.25) is 0 Å². The van der Waals surface area contributed by atoms with Crippen molar-refractivity contribution in [3.8, 4) is 6.07 Å². The van der Waals surface area contributed by atoms with E-state index in [1.54, 1.807) is 0 Å². The van der Waals surface area contributed by atoms with E-state index < -0.39 is 20.4 Å². The van der Waals surface area contributed by atoms with Crippen molar-refractivity contribution in [3.05, 3.63) is 30.1 Å². The Morgan fingerprint density at radius 1 is 1.39 bits per heavy atom. The second kappa shape index (κ2) is 4.36. The van der Waals surface area contributed by atoms with E-state index in [0.717, 1.165) is 18.6 Å². The standard InChI is InChI=1S/C13H14FNO2S/c1-2-10-7-13(8-10,9-15)18(16,17)12-5-3-11(14)4-6-12/h3-6,10H,2,7-8H2,1H3. The molecule has 0 bridgehead atoms. The molecular weight excluding hydrogens is 253 g/mol. The SMILES string of the molecule is CCC1CC(C#N)(S(=O)(=O)c2ccc(F)cc2)C1. The van der Waals surface area contributed by atoms with Crippen LogP contribution in [0, 0.1) is 23.1 Å². The maximum atomic E-state index is 12.8. The predicted molar refractivity (Wildman–Crippen MR) is 64.9 cm³/mol.